The lowest BCUT2D eigenvalue weighted by Gasteiger charge is -2.44. The molecule has 0 aliphatic heterocycles. The van der Waals surface area contributed by atoms with Gasteiger partial charge in [0.2, 0.25) is 0 Å². The molecule has 1 aliphatic rings. The van der Waals surface area contributed by atoms with Crippen molar-refractivity contribution in [1.29, 1.82) is 0 Å². The van der Waals surface area contributed by atoms with Crippen LogP contribution in [0.1, 0.15) is 68.0 Å². The highest BCUT2D eigenvalue weighted by Crippen LogP contribution is 2.45. The normalized spacial score (nSPS) is 20.6. The van der Waals surface area contributed by atoms with E-state index in [-0.39, 0.29) is 11.7 Å². The molecule has 3 nitrogen and oxygen atoms in total. The molecule has 1 aliphatic carbocycles. The average Bonchev–Trinajstić information content (AvgIpc) is 3.20. The van der Waals surface area contributed by atoms with Crippen molar-refractivity contribution in [3.8, 4) is 0 Å². The molecular weight excluding hydrogens is 431 g/mol. The summed E-state index contributed by atoms with van der Waals surface area (Å²) in [6.45, 7) is 6.27. The third-order valence-corrected chi connectivity index (χ3v) is 8.30. The van der Waals surface area contributed by atoms with Gasteiger partial charge in [0.05, 0.1) is 20.8 Å². The third-order valence-electron chi connectivity index (χ3n) is 7.21. The molecule has 1 aromatic heterocycles. The average molecular weight is 469 g/mol. The van der Waals surface area contributed by atoms with Gasteiger partial charge in [-0.1, -0.05) is 38.5 Å². The van der Waals surface area contributed by atoms with Crippen LogP contribution in [0.25, 0.3) is 10.2 Å². The molecule has 2 atom stereocenters. The van der Waals surface area contributed by atoms with E-state index in [9.17, 15) is 9.50 Å². The first-order chi connectivity index (χ1) is 15.9. The molecule has 1 N–H and O–H groups in total. The summed E-state index contributed by atoms with van der Waals surface area (Å²) in [5, 5.41) is 12.9. The molecule has 5 heteroatoms. The second-order valence-corrected chi connectivity index (χ2v) is 11.2. The van der Waals surface area contributed by atoms with Crippen LogP contribution in [0.15, 0.2) is 42.5 Å². The van der Waals surface area contributed by atoms with E-state index in [2.05, 4.69) is 44.0 Å². The van der Waals surface area contributed by atoms with Gasteiger partial charge >= 0.3 is 0 Å². The summed E-state index contributed by atoms with van der Waals surface area (Å²) in [5.41, 5.74) is 2.60. The zero-order valence-electron chi connectivity index (χ0n) is 20.2. The Hall–Kier alpha value is -1.82. The Kier molecular flexibility index (Phi) is 7.83. The van der Waals surface area contributed by atoms with Crippen molar-refractivity contribution < 1.29 is 9.50 Å². The van der Waals surface area contributed by atoms with Crippen LogP contribution in [0.2, 0.25) is 0 Å². The van der Waals surface area contributed by atoms with E-state index in [1.54, 1.807) is 12.1 Å². The first-order valence-corrected chi connectivity index (χ1v) is 13.2. The van der Waals surface area contributed by atoms with E-state index >= 15 is 0 Å². The summed E-state index contributed by atoms with van der Waals surface area (Å²) >= 11 is 1.81. The summed E-state index contributed by atoms with van der Waals surface area (Å²) in [6.07, 6.45) is 6.80. The number of unbranched alkanes of at least 4 members (excludes halogenated alkanes) is 2. The number of halogens is 1. The number of nitrogens with zero attached hydrogens (tertiary/aromatic N) is 2. The van der Waals surface area contributed by atoms with Crippen molar-refractivity contribution in [3.63, 3.8) is 0 Å². The molecule has 0 amide bonds. The van der Waals surface area contributed by atoms with Crippen LogP contribution in [-0.2, 0) is 12.8 Å². The minimum atomic E-state index is -0.722. The molecule has 2 aromatic carbocycles. The van der Waals surface area contributed by atoms with Crippen LogP contribution in [0.3, 0.4) is 0 Å². The number of aliphatic hydroxyl groups is 1. The van der Waals surface area contributed by atoms with E-state index in [4.69, 9.17) is 4.98 Å². The van der Waals surface area contributed by atoms with Crippen LogP contribution < -0.4 is 0 Å². The van der Waals surface area contributed by atoms with Gasteiger partial charge in [-0.3, -0.25) is 0 Å². The second-order valence-electron chi connectivity index (χ2n) is 10.1. The fourth-order valence-electron chi connectivity index (χ4n) is 5.51. The fourth-order valence-corrected chi connectivity index (χ4v) is 6.52. The van der Waals surface area contributed by atoms with Crippen molar-refractivity contribution in [2.75, 3.05) is 20.1 Å². The van der Waals surface area contributed by atoms with Crippen molar-refractivity contribution in [3.05, 3.63) is 64.4 Å². The molecule has 0 spiro atoms. The summed E-state index contributed by atoms with van der Waals surface area (Å²) in [5.74, 6) is 0.195. The maximum absolute atomic E-state index is 13.7. The SMILES string of the molecule is CC(C)[C@H]1c2ccc(F)cc2CC[C@]1(O)CCN(C)CCCCCc1nc2ccccc2s1. The first kappa shape index (κ1) is 24.3. The zero-order chi connectivity index (χ0) is 23.4. The van der Waals surface area contributed by atoms with Gasteiger partial charge in [-0.05, 0) is 93.4 Å². The largest absolute Gasteiger partial charge is 0.389 e. The van der Waals surface area contributed by atoms with E-state index in [0.29, 0.717) is 12.3 Å². The number of hydrogen-bond acceptors (Lipinski definition) is 4. The van der Waals surface area contributed by atoms with Crippen molar-refractivity contribution in [2.24, 2.45) is 5.92 Å². The quantitative estimate of drug-likeness (QED) is 0.341. The highest BCUT2D eigenvalue weighted by Gasteiger charge is 2.43. The van der Waals surface area contributed by atoms with Gasteiger partial charge in [0, 0.05) is 12.5 Å². The smallest absolute Gasteiger partial charge is 0.123 e. The van der Waals surface area contributed by atoms with Gasteiger partial charge in [-0.25, -0.2) is 9.37 Å². The second kappa shape index (κ2) is 10.6. The van der Waals surface area contributed by atoms with Gasteiger partial charge in [-0.15, -0.1) is 11.3 Å². The summed E-state index contributed by atoms with van der Waals surface area (Å²) in [7, 11) is 2.16. The predicted molar refractivity (Wildman–Crippen MR) is 137 cm³/mol. The topological polar surface area (TPSA) is 36.4 Å². The Labute approximate surface area is 201 Å². The fraction of sp³-hybridized carbons (Fsp3) is 0.536. The number of fused-ring (bicyclic) bond motifs is 2. The van der Waals surface area contributed by atoms with Gasteiger partial charge in [0.1, 0.15) is 5.82 Å². The highest BCUT2D eigenvalue weighted by molar-refractivity contribution is 7.18. The maximum Gasteiger partial charge on any atom is 0.123 e. The third kappa shape index (κ3) is 5.82. The number of aromatic nitrogens is 1. The minimum absolute atomic E-state index is 0.0593. The van der Waals surface area contributed by atoms with Crippen molar-refractivity contribution in [1.82, 2.24) is 9.88 Å². The molecule has 33 heavy (non-hydrogen) atoms. The van der Waals surface area contributed by atoms with E-state index in [1.165, 1.54) is 22.5 Å². The lowest BCUT2D eigenvalue weighted by Crippen LogP contribution is -2.45. The molecule has 0 fully saturated rings. The first-order valence-electron chi connectivity index (χ1n) is 12.4. The van der Waals surface area contributed by atoms with Gasteiger partial charge in [0.25, 0.3) is 0 Å². The van der Waals surface area contributed by atoms with Crippen LogP contribution in [0.4, 0.5) is 4.39 Å². The molecular formula is C28H37FN2OS. The number of para-hydroxylation sites is 1. The summed E-state index contributed by atoms with van der Waals surface area (Å²) < 4.78 is 15.0. The Morgan fingerprint density at radius 3 is 2.76 bits per heavy atom. The number of hydrogen-bond donors (Lipinski definition) is 1. The van der Waals surface area contributed by atoms with Crippen LogP contribution in [-0.4, -0.2) is 40.7 Å². The van der Waals surface area contributed by atoms with Gasteiger partial charge in [0.15, 0.2) is 0 Å². The van der Waals surface area contributed by atoms with Gasteiger partial charge < -0.3 is 10.0 Å². The molecule has 0 saturated carbocycles. The molecule has 0 unspecified atom stereocenters. The standard InChI is InChI=1S/C28H37FN2OS/c1-20(2)27-23-13-12-22(29)19-21(23)14-15-28(27,32)16-18-31(3)17-8-4-5-11-26-30-24-9-6-7-10-25(24)33-26/h6-7,9-10,12-13,19-20,27,32H,4-5,8,11,14-18H2,1-3H3/t27-,28-/m0/s1. The van der Waals surface area contributed by atoms with Crippen LogP contribution in [0, 0.1) is 11.7 Å². The zero-order valence-corrected chi connectivity index (χ0v) is 21.0. The number of thiazole rings is 1. The summed E-state index contributed by atoms with van der Waals surface area (Å²) in [6, 6.07) is 13.5. The number of rotatable bonds is 10. The van der Waals surface area contributed by atoms with Crippen LogP contribution in [0.5, 0.6) is 0 Å². The molecule has 1 heterocycles. The van der Waals surface area contributed by atoms with Gasteiger partial charge in [-0.2, -0.15) is 0 Å². The number of benzene rings is 2. The molecule has 3 aromatic rings. The number of aryl methyl sites for hydroxylation is 2. The van der Waals surface area contributed by atoms with E-state index in [0.717, 1.165) is 55.4 Å². The van der Waals surface area contributed by atoms with E-state index in [1.807, 2.05) is 23.5 Å². The Bertz CT molecular complexity index is 1030. The Morgan fingerprint density at radius 1 is 1.15 bits per heavy atom. The van der Waals surface area contributed by atoms with Crippen molar-refractivity contribution >= 4 is 21.6 Å². The highest BCUT2D eigenvalue weighted by atomic mass is 32.1. The lowest BCUT2D eigenvalue weighted by atomic mass is 9.66. The predicted octanol–water partition coefficient (Wildman–Crippen LogP) is 6.59. The molecule has 0 radical (unpaired) electrons. The Morgan fingerprint density at radius 2 is 1.97 bits per heavy atom. The molecule has 4 rings (SSSR count). The van der Waals surface area contributed by atoms with E-state index < -0.39 is 5.60 Å². The monoisotopic (exact) mass is 468 g/mol. The summed E-state index contributed by atoms with van der Waals surface area (Å²) in [4.78, 5) is 7.09. The van der Waals surface area contributed by atoms with Crippen LogP contribution >= 0.6 is 11.3 Å². The molecule has 0 saturated heterocycles. The Balaban J connectivity index is 1.23. The molecule has 0 bridgehead atoms. The maximum atomic E-state index is 13.7. The lowest BCUT2D eigenvalue weighted by molar-refractivity contribution is -0.0301. The van der Waals surface area contributed by atoms with Crippen molar-refractivity contribution in [2.45, 2.75) is 70.3 Å². The molecule has 178 valence electrons. The minimum Gasteiger partial charge on any atom is -0.389 e.